The van der Waals surface area contributed by atoms with Crippen molar-refractivity contribution in [2.24, 2.45) is 0 Å². The number of benzene rings is 1. The number of carbonyl (C=O) groups is 1. The maximum absolute atomic E-state index is 12.4. The molecule has 0 bridgehead atoms. The summed E-state index contributed by atoms with van der Waals surface area (Å²) in [4.78, 5) is 22.7. The van der Waals surface area contributed by atoms with Crippen molar-refractivity contribution in [2.45, 2.75) is 17.3 Å². The van der Waals surface area contributed by atoms with Gasteiger partial charge in [-0.25, -0.2) is 0 Å². The van der Waals surface area contributed by atoms with Gasteiger partial charge in [0.1, 0.15) is 0 Å². The molecule has 1 aromatic carbocycles. The third-order valence-corrected chi connectivity index (χ3v) is 4.74. The predicted octanol–water partition coefficient (Wildman–Crippen LogP) is 3.41. The summed E-state index contributed by atoms with van der Waals surface area (Å²) in [5.74, 6) is -0.347. The van der Waals surface area contributed by atoms with Gasteiger partial charge < -0.3 is 5.32 Å². The molecule has 1 N–H and O–H groups in total. The van der Waals surface area contributed by atoms with E-state index in [1.807, 2.05) is 18.2 Å². The van der Waals surface area contributed by atoms with Gasteiger partial charge in [0, 0.05) is 18.3 Å². The lowest BCUT2D eigenvalue weighted by Crippen LogP contribution is -2.23. The predicted molar refractivity (Wildman–Crippen MR) is 95.0 cm³/mol. The number of hydrogen-bond acceptors (Lipinski definition) is 6. The molecule has 2 heterocycles. The largest absolute Gasteiger partial charge is 0.324 e. The molecule has 0 saturated heterocycles. The molecular formula is C15H12ClN5O3S. The summed E-state index contributed by atoms with van der Waals surface area (Å²) >= 11 is 7.22. The average molecular weight is 378 g/mol. The number of aromatic nitrogens is 3. The van der Waals surface area contributed by atoms with Crippen molar-refractivity contribution in [1.29, 1.82) is 0 Å². The van der Waals surface area contributed by atoms with Crippen molar-refractivity contribution in [3.8, 4) is 0 Å². The van der Waals surface area contributed by atoms with Crippen LogP contribution in [0, 0.1) is 10.1 Å². The van der Waals surface area contributed by atoms with Gasteiger partial charge in [0.25, 0.3) is 5.69 Å². The van der Waals surface area contributed by atoms with E-state index in [4.69, 9.17) is 11.6 Å². The van der Waals surface area contributed by atoms with E-state index >= 15 is 0 Å². The Morgan fingerprint density at radius 2 is 2.16 bits per heavy atom. The fourth-order valence-corrected chi connectivity index (χ4v) is 3.07. The molecule has 1 amide bonds. The summed E-state index contributed by atoms with van der Waals surface area (Å²) < 4.78 is 1.77. The minimum Gasteiger partial charge on any atom is -0.324 e. The van der Waals surface area contributed by atoms with E-state index in [1.165, 1.54) is 30.0 Å². The number of nitro benzene ring substituents is 1. The highest BCUT2D eigenvalue weighted by molar-refractivity contribution is 8.00. The number of hydrogen-bond donors (Lipinski definition) is 1. The lowest BCUT2D eigenvalue weighted by atomic mass is 10.2. The lowest BCUT2D eigenvalue weighted by Gasteiger charge is -2.12. The zero-order chi connectivity index (χ0) is 18.0. The second kappa shape index (κ2) is 7.08. The number of amides is 1. The molecule has 0 unspecified atom stereocenters. The van der Waals surface area contributed by atoms with Crippen LogP contribution in [0.2, 0.25) is 5.02 Å². The lowest BCUT2D eigenvalue weighted by molar-refractivity contribution is -0.384. The molecule has 0 aliphatic carbocycles. The fraction of sp³-hybridized carbons (Fsp3) is 0.133. The average Bonchev–Trinajstić information content (AvgIpc) is 2.99. The van der Waals surface area contributed by atoms with Crippen LogP contribution in [-0.4, -0.2) is 30.7 Å². The number of non-ortho nitro benzene ring substituents is 1. The van der Waals surface area contributed by atoms with Gasteiger partial charge in [-0.1, -0.05) is 29.4 Å². The van der Waals surface area contributed by atoms with Crippen LogP contribution in [0.1, 0.15) is 6.92 Å². The second-order valence-electron chi connectivity index (χ2n) is 5.08. The molecular weight excluding hydrogens is 366 g/mol. The molecule has 3 rings (SSSR count). The summed E-state index contributed by atoms with van der Waals surface area (Å²) in [5, 5.41) is 21.8. The zero-order valence-electron chi connectivity index (χ0n) is 12.9. The van der Waals surface area contributed by atoms with Crippen LogP contribution in [0.25, 0.3) is 5.65 Å². The van der Waals surface area contributed by atoms with Gasteiger partial charge in [-0.3, -0.25) is 19.3 Å². The number of anilines is 1. The first-order valence-electron chi connectivity index (χ1n) is 7.17. The first kappa shape index (κ1) is 17.2. The van der Waals surface area contributed by atoms with Crippen molar-refractivity contribution in [1.82, 2.24) is 14.6 Å². The first-order valence-corrected chi connectivity index (χ1v) is 8.42. The Labute approximate surface area is 151 Å². The van der Waals surface area contributed by atoms with Gasteiger partial charge in [0.2, 0.25) is 5.91 Å². The summed E-state index contributed by atoms with van der Waals surface area (Å²) in [6.45, 7) is 1.70. The summed E-state index contributed by atoms with van der Waals surface area (Å²) in [7, 11) is 0. The number of carbonyl (C=O) groups excluding carboxylic acids is 1. The number of fused-ring (bicyclic) bond motifs is 1. The van der Waals surface area contributed by atoms with Crippen LogP contribution in [0.3, 0.4) is 0 Å². The van der Waals surface area contributed by atoms with E-state index in [0.29, 0.717) is 10.8 Å². The maximum Gasteiger partial charge on any atom is 0.271 e. The Morgan fingerprint density at radius 3 is 2.92 bits per heavy atom. The van der Waals surface area contributed by atoms with Crippen molar-refractivity contribution >= 4 is 46.3 Å². The van der Waals surface area contributed by atoms with Gasteiger partial charge in [0.05, 0.1) is 20.9 Å². The van der Waals surface area contributed by atoms with Gasteiger partial charge in [-0.15, -0.1) is 10.2 Å². The fourth-order valence-electron chi connectivity index (χ4n) is 2.07. The van der Waals surface area contributed by atoms with Gasteiger partial charge in [-0.05, 0) is 25.1 Å². The van der Waals surface area contributed by atoms with Crippen molar-refractivity contribution in [3.05, 3.63) is 57.7 Å². The number of nitro groups is 1. The summed E-state index contributed by atoms with van der Waals surface area (Å²) in [6, 6.07) is 9.37. The van der Waals surface area contributed by atoms with E-state index < -0.39 is 10.2 Å². The number of thioether (sulfide) groups is 1. The monoisotopic (exact) mass is 377 g/mol. The molecule has 8 nitrogen and oxygen atoms in total. The second-order valence-corrected chi connectivity index (χ2v) is 6.80. The van der Waals surface area contributed by atoms with E-state index in [-0.39, 0.29) is 22.3 Å². The van der Waals surface area contributed by atoms with Gasteiger partial charge >= 0.3 is 0 Å². The molecule has 0 aliphatic heterocycles. The van der Waals surface area contributed by atoms with Crippen LogP contribution < -0.4 is 5.32 Å². The molecule has 2 aromatic heterocycles. The van der Waals surface area contributed by atoms with E-state index in [2.05, 4.69) is 15.5 Å². The molecule has 0 radical (unpaired) electrons. The maximum atomic E-state index is 12.4. The Hall–Kier alpha value is -2.65. The minimum atomic E-state index is -0.549. The highest BCUT2D eigenvalue weighted by atomic mass is 35.5. The molecule has 0 saturated carbocycles. The molecule has 10 heteroatoms. The highest BCUT2D eigenvalue weighted by Crippen LogP contribution is 2.28. The third-order valence-electron chi connectivity index (χ3n) is 3.35. The number of rotatable bonds is 5. The first-order chi connectivity index (χ1) is 12.0. The third kappa shape index (κ3) is 3.72. The molecule has 128 valence electrons. The molecule has 3 aromatic rings. The number of nitrogens with zero attached hydrogens (tertiary/aromatic N) is 4. The minimum absolute atomic E-state index is 0.150. The molecule has 1 atom stereocenters. The van der Waals surface area contributed by atoms with Crippen LogP contribution >= 0.6 is 23.4 Å². The molecule has 0 fully saturated rings. The zero-order valence-corrected chi connectivity index (χ0v) is 14.5. The van der Waals surface area contributed by atoms with Crippen molar-refractivity contribution in [3.63, 3.8) is 0 Å². The quantitative estimate of drug-likeness (QED) is 0.415. The highest BCUT2D eigenvalue weighted by Gasteiger charge is 2.20. The van der Waals surface area contributed by atoms with E-state index in [1.54, 1.807) is 17.5 Å². The molecule has 25 heavy (non-hydrogen) atoms. The van der Waals surface area contributed by atoms with Crippen molar-refractivity contribution in [2.75, 3.05) is 5.32 Å². The molecule has 0 spiro atoms. The smallest absolute Gasteiger partial charge is 0.271 e. The topological polar surface area (TPSA) is 102 Å². The molecule has 0 aliphatic rings. The SMILES string of the molecule is C[C@H](Sc1nnc2ccccn12)C(=O)Nc1cc([N+](=O)[O-])ccc1Cl. The Balaban J connectivity index is 1.75. The Kier molecular flexibility index (Phi) is 4.86. The van der Waals surface area contributed by atoms with Gasteiger partial charge in [-0.2, -0.15) is 0 Å². The van der Waals surface area contributed by atoms with Crippen LogP contribution in [0.5, 0.6) is 0 Å². The standard InChI is InChI=1S/C15H12ClN5O3S/c1-9(25-15-19-18-13-4-2-3-7-20(13)15)14(22)17-12-8-10(21(23)24)5-6-11(12)16/h2-9H,1H3,(H,17,22)/t9-/m0/s1. The Morgan fingerprint density at radius 1 is 1.36 bits per heavy atom. The Bertz CT molecular complexity index is 961. The number of pyridine rings is 1. The van der Waals surface area contributed by atoms with Crippen LogP contribution in [0.15, 0.2) is 47.8 Å². The van der Waals surface area contributed by atoms with E-state index in [0.717, 1.165) is 0 Å². The van der Waals surface area contributed by atoms with Crippen molar-refractivity contribution < 1.29 is 9.72 Å². The van der Waals surface area contributed by atoms with Gasteiger partial charge in [0.15, 0.2) is 10.8 Å². The van der Waals surface area contributed by atoms with E-state index in [9.17, 15) is 14.9 Å². The summed E-state index contributed by atoms with van der Waals surface area (Å²) in [5.41, 5.74) is 0.724. The number of halogens is 1. The van der Waals surface area contributed by atoms with Crippen LogP contribution in [0.4, 0.5) is 11.4 Å². The van der Waals surface area contributed by atoms with Crippen LogP contribution in [-0.2, 0) is 4.79 Å². The normalized spacial score (nSPS) is 12.1. The number of nitrogens with one attached hydrogen (secondary N) is 1. The summed E-state index contributed by atoms with van der Waals surface area (Å²) in [6.07, 6.45) is 1.81.